The Hall–Kier alpha value is -2.41. The van der Waals surface area contributed by atoms with Crippen LogP contribution in [0, 0.1) is 0 Å². The number of nitrogens with one attached hydrogen (secondary N) is 1. The van der Waals surface area contributed by atoms with Crippen molar-refractivity contribution in [1.29, 1.82) is 0 Å². The lowest BCUT2D eigenvalue weighted by atomic mass is 10.1. The van der Waals surface area contributed by atoms with Gasteiger partial charge in [0.05, 0.1) is 28.4 Å². The lowest BCUT2D eigenvalue weighted by Gasteiger charge is -2.12. The molecular formula is C20H24BrNO5. The molecule has 0 atom stereocenters. The van der Waals surface area contributed by atoms with E-state index in [1.165, 1.54) is 0 Å². The third kappa shape index (κ3) is 5.29. The number of carbonyl (C=O) groups excluding carboxylic acids is 1. The van der Waals surface area contributed by atoms with Crippen LogP contribution in [-0.2, 0) is 6.42 Å². The quantitative estimate of drug-likeness (QED) is 0.603. The number of ether oxygens (including phenoxy) is 4. The Labute approximate surface area is 167 Å². The molecule has 0 saturated carbocycles. The van der Waals surface area contributed by atoms with Gasteiger partial charge in [-0.05, 0) is 48.7 Å². The fourth-order valence-electron chi connectivity index (χ4n) is 2.65. The molecule has 0 aliphatic carbocycles. The van der Waals surface area contributed by atoms with Crippen molar-refractivity contribution in [3.8, 4) is 23.0 Å². The highest BCUT2D eigenvalue weighted by Gasteiger charge is 2.12. The van der Waals surface area contributed by atoms with Crippen LogP contribution in [0.4, 0.5) is 0 Å². The zero-order valence-electron chi connectivity index (χ0n) is 15.9. The summed E-state index contributed by atoms with van der Waals surface area (Å²) < 4.78 is 22.0. The minimum Gasteiger partial charge on any atom is -0.493 e. The van der Waals surface area contributed by atoms with E-state index in [2.05, 4.69) is 21.2 Å². The van der Waals surface area contributed by atoms with Crippen LogP contribution in [0.2, 0.25) is 0 Å². The van der Waals surface area contributed by atoms with Gasteiger partial charge in [0.15, 0.2) is 23.0 Å². The zero-order chi connectivity index (χ0) is 19.8. The van der Waals surface area contributed by atoms with Crippen molar-refractivity contribution in [1.82, 2.24) is 5.32 Å². The van der Waals surface area contributed by atoms with E-state index < -0.39 is 0 Å². The van der Waals surface area contributed by atoms with Crippen LogP contribution >= 0.6 is 15.9 Å². The summed E-state index contributed by atoms with van der Waals surface area (Å²) in [5.74, 6) is 2.33. The lowest BCUT2D eigenvalue weighted by molar-refractivity contribution is 0.0953. The highest BCUT2D eigenvalue weighted by molar-refractivity contribution is 9.10. The summed E-state index contributed by atoms with van der Waals surface area (Å²) in [6.45, 7) is 0.550. The van der Waals surface area contributed by atoms with Crippen molar-refractivity contribution in [3.05, 3.63) is 45.9 Å². The van der Waals surface area contributed by atoms with Crippen LogP contribution in [0.5, 0.6) is 23.0 Å². The molecule has 2 aromatic rings. The SMILES string of the molecule is COc1ccc(C(=O)NCCCc2cc(OC)c(OC)cc2Br)cc1OC. The lowest BCUT2D eigenvalue weighted by Crippen LogP contribution is -2.24. The van der Waals surface area contributed by atoms with Gasteiger partial charge in [-0.15, -0.1) is 0 Å². The smallest absolute Gasteiger partial charge is 0.251 e. The third-order valence-corrected chi connectivity index (χ3v) is 4.84. The zero-order valence-corrected chi connectivity index (χ0v) is 17.5. The van der Waals surface area contributed by atoms with Gasteiger partial charge >= 0.3 is 0 Å². The van der Waals surface area contributed by atoms with Crippen molar-refractivity contribution >= 4 is 21.8 Å². The molecule has 0 aliphatic heterocycles. The van der Waals surface area contributed by atoms with E-state index in [4.69, 9.17) is 18.9 Å². The Morgan fingerprint density at radius 2 is 1.48 bits per heavy atom. The normalized spacial score (nSPS) is 10.3. The summed E-state index contributed by atoms with van der Waals surface area (Å²) in [7, 11) is 6.32. The molecule has 0 fully saturated rings. The summed E-state index contributed by atoms with van der Waals surface area (Å²) in [5, 5.41) is 2.92. The van der Waals surface area contributed by atoms with Gasteiger partial charge in [-0.2, -0.15) is 0 Å². The third-order valence-electron chi connectivity index (χ3n) is 4.11. The summed E-state index contributed by atoms with van der Waals surface area (Å²) >= 11 is 3.55. The van der Waals surface area contributed by atoms with Crippen LogP contribution in [0.3, 0.4) is 0 Å². The molecule has 146 valence electrons. The Kier molecular flexibility index (Phi) is 7.79. The maximum absolute atomic E-state index is 12.3. The maximum atomic E-state index is 12.3. The number of methoxy groups -OCH3 is 4. The molecule has 2 rings (SSSR count). The molecule has 0 heterocycles. The highest BCUT2D eigenvalue weighted by Crippen LogP contribution is 2.33. The minimum absolute atomic E-state index is 0.151. The molecule has 0 radical (unpaired) electrons. The number of amides is 1. The van der Waals surface area contributed by atoms with Gasteiger partial charge in [0.25, 0.3) is 5.91 Å². The fourth-order valence-corrected chi connectivity index (χ4v) is 3.17. The van der Waals surface area contributed by atoms with E-state index in [1.807, 2.05) is 12.1 Å². The molecule has 2 aromatic carbocycles. The first-order valence-electron chi connectivity index (χ1n) is 8.44. The van der Waals surface area contributed by atoms with Gasteiger partial charge in [-0.1, -0.05) is 15.9 Å². The number of rotatable bonds is 9. The van der Waals surface area contributed by atoms with Crippen molar-refractivity contribution < 1.29 is 23.7 Å². The molecule has 1 N–H and O–H groups in total. The molecule has 1 amide bonds. The molecule has 0 unspecified atom stereocenters. The molecule has 0 bridgehead atoms. The van der Waals surface area contributed by atoms with E-state index >= 15 is 0 Å². The summed E-state index contributed by atoms with van der Waals surface area (Å²) in [4.78, 5) is 12.3. The van der Waals surface area contributed by atoms with Crippen molar-refractivity contribution in [2.24, 2.45) is 0 Å². The van der Waals surface area contributed by atoms with E-state index in [9.17, 15) is 4.79 Å². The molecule has 0 aromatic heterocycles. The second kappa shape index (κ2) is 10.1. The number of halogens is 1. The van der Waals surface area contributed by atoms with Crippen LogP contribution in [0.25, 0.3) is 0 Å². The monoisotopic (exact) mass is 437 g/mol. The van der Waals surface area contributed by atoms with E-state index in [-0.39, 0.29) is 5.91 Å². The first kappa shape index (κ1) is 20.9. The largest absolute Gasteiger partial charge is 0.493 e. The molecule has 0 spiro atoms. The van der Waals surface area contributed by atoms with Gasteiger partial charge < -0.3 is 24.3 Å². The molecular weight excluding hydrogens is 414 g/mol. The fraction of sp³-hybridized carbons (Fsp3) is 0.350. The van der Waals surface area contributed by atoms with Crippen molar-refractivity contribution in [2.45, 2.75) is 12.8 Å². The molecule has 0 aliphatic rings. The van der Waals surface area contributed by atoms with Gasteiger partial charge in [0.2, 0.25) is 0 Å². The van der Waals surface area contributed by atoms with Crippen LogP contribution in [-0.4, -0.2) is 40.9 Å². The Balaban J connectivity index is 1.92. The van der Waals surface area contributed by atoms with Crippen LogP contribution in [0.1, 0.15) is 22.3 Å². The van der Waals surface area contributed by atoms with Gasteiger partial charge in [-0.25, -0.2) is 0 Å². The molecule has 0 saturated heterocycles. The first-order valence-corrected chi connectivity index (χ1v) is 9.24. The second-order valence-corrected chi connectivity index (χ2v) is 6.58. The van der Waals surface area contributed by atoms with E-state index in [1.54, 1.807) is 46.6 Å². The average Bonchev–Trinajstić information content (AvgIpc) is 2.70. The molecule has 7 heteroatoms. The van der Waals surface area contributed by atoms with Gasteiger partial charge in [0, 0.05) is 16.6 Å². The maximum Gasteiger partial charge on any atom is 0.251 e. The molecule has 27 heavy (non-hydrogen) atoms. The summed E-state index contributed by atoms with van der Waals surface area (Å²) in [5.41, 5.74) is 1.62. The number of carbonyl (C=O) groups is 1. The number of benzene rings is 2. The minimum atomic E-state index is -0.151. The molecule has 6 nitrogen and oxygen atoms in total. The van der Waals surface area contributed by atoms with Crippen LogP contribution in [0.15, 0.2) is 34.8 Å². The second-order valence-electron chi connectivity index (χ2n) is 5.73. The summed E-state index contributed by atoms with van der Waals surface area (Å²) in [6, 6.07) is 8.92. The Morgan fingerprint density at radius 1 is 0.889 bits per heavy atom. The van der Waals surface area contributed by atoms with Crippen molar-refractivity contribution in [3.63, 3.8) is 0 Å². The topological polar surface area (TPSA) is 66.0 Å². The van der Waals surface area contributed by atoms with Gasteiger partial charge in [-0.3, -0.25) is 4.79 Å². The first-order chi connectivity index (χ1) is 13.0. The van der Waals surface area contributed by atoms with Crippen molar-refractivity contribution in [2.75, 3.05) is 35.0 Å². The summed E-state index contributed by atoms with van der Waals surface area (Å²) in [6.07, 6.45) is 1.57. The standard InChI is InChI=1S/C20H24BrNO5/c1-24-16-8-7-14(11-17(16)25-2)20(23)22-9-5-6-13-10-18(26-3)19(27-4)12-15(13)21/h7-8,10-12H,5-6,9H2,1-4H3,(H,22,23). The number of hydrogen-bond acceptors (Lipinski definition) is 5. The van der Waals surface area contributed by atoms with Crippen LogP contribution < -0.4 is 24.3 Å². The predicted octanol–water partition coefficient (Wildman–Crippen LogP) is 3.85. The van der Waals surface area contributed by atoms with Gasteiger partial charge in [0.1, 0.15) is 0 Å². The Morgan fingerprint density at radius 3 is 2.11 bits per heavy atom. The highest BCUT2D eigenvalue weighted by atomic mass is 79.9. The average molecular weight is 438 g/mol. The van der Waals surface area contributed by atoms with E-state index in [0.717, 1.165) is 22.9 Å². The van der Waals surface area contributed by atoms with E-state index in [0.29, 0.717) is 35.1 Å². The Bertz CT molecular complexity index is 794. The predicted molar refractivity (Wildman–Crippen MR) is 107 cm³/mol. The number of aryl methyl sites for hydroxylation is 1. The number of hydrogen-bond donors (Lipinski definition) is 1.